The number of hydrogen-bond acceptors (Lipinski definition) is 0. The first-order chi connectivity index (χ1) is 9.92. The molecule has 0 nitrogen and oxygen atoms in total. The first-order valence-corrected chi connectivity index (χ1v) is 6.90. The lowest BCUT2D eigenvalue weighted by molar-refractivity contribution is 1.08. The zero-order valence-electron chi connectivity index (χ0n) is 11.3. The molecule has 3 aromatic rings. The minimum atomic E-state index is 0.917. The predicted molar refractivity (Wildman–Crippen MR) is 82.6 cm³/mol. The summed E-state index contributed by atoms with van der Waals surface area (Å²) in [4.78, 5) is 0. The van der Waals surface area contributed by atoms with Crippen LogP contribution in [0.5, 0.6) is 0 Å². The lowest BCUT2D eigenvalue weighted by Crippen LogP contribution is -1.97. The quantitative estimate of drug-likeness (QED) is 0.646. The van der Waals surface area contributed by atoms with Gasteiger partial charge in [0.15, 0.2) is 0 Å². The van der Waals surface area contributed by atoms with Gasteiger partial charge in [-0.3, -0.25) is 0 Å². The largest absolute Gasteiger partial charge is 0.0622 e. The van der Waals surface area contributed by atoms with Gasteiger partial charge in [-0.1, -0.05) is 72.8 Å². The van der Waals surface area contributed by atoms with Crippen molar-refractivity contribution in [2.24, 2.45) is 0 Å². The molecule has 0 saturated carbocycles. The maximum Gasteiger partial charge on any atom is -0.00165 e. The minimum absolute atomic E-state index is 0.917. The van der Waals surface area contributed by atoms with Crippen LogP contribution in [-0.2, 0) is 12.8 Å². The molecular formula is C20H16. The Morgan fingerprint density at radius 3 is 1.35 bits per heavy atom. The van der Waals surface area contributed by atoms with Gasteiger partial charge in [0, 0.05) is 0 Å². The molecule has 0 aromatic heterocycles. The Kier molecular flexibility index (Phi) is 3.93. The second-order valence-corrected chi connectivity index (χ2v) is 4.90. The average Bonchev–Trinajstić information content (AvgIpc) is 2.51. The Labute approximate surface area is 120 Å². The van der Waals surface area contributed by atoms with Crippen LogP contribution in [0, 0.1) is 12.1 Å². The van der Waals surface area contributed by atoms with E-state index in [4.69, 9.17) is 0 Å². The van der Waals surface area contributed by atoms with Crippen LogP contribution in [0.1, 0.15) is 22.3 Å². The standard InChI is InChI=1S/C20H16/c1-3-9-17(10-4-1)15-19-13-7-8-14-20(19)16-18-11-5-2-6-12-18/h1-12H,15-16H2. The van der Waals surface area contributed by atoms with Gasteiger partial charge in [-0.25, -0.2) is 0 Å². The molecule has 0 heterocycles. The van der Waals surface area contributed by atoms with E-state index in [0.717, 1.165) is 12.8 Å². The van der Waals surface area contributed by atoms with Gasteiger partial charge in [-0.2, -0.15) is 0 Å². The van der Waals surface area contributed by atoms with E-state index in [1.165, 1.54) is 22.3 Å². The van der Waals surface area contributed by atoms with Gasteiger partial charge in [0.1, 0.15) is 0 Å². The highest BCUT2D eigenvalue weighted by molar-refractivity contribution is 5.35. The third-order valence-electron chi connectivity index (χ3n) is 3.41. The zero-order valence-corrected chi connectivity index (χ0v) is 11.3. The number of hydrogen-bond donors (Lipinski definition) is 0. The third kappa shape index (κ3) is 3.16. The topological polar surface area (TPSA) is 0 Å². The van der Waals surface area contributed by atoms with E-state index in [1.54, 1.807) is 0 Å². The summed E-state index contributed by atoms with van der Waals surface area (Å²) in [5.74, 6) is 0. The van der Waals surface area contributed by atoms with E-state index in [2.05, 4.69) is 72.8 Å². The second kappa shape index (κ2) is 6.21. The molecule has 0 spiro atoms. The molecule has 0 heteroatoms. The first kappa shape index (κ1) is 12.7. The van der Waals surface area contributed by atoms with Gasteiger partial charge in [0.25, 0.3) is 0 Å². The summed E-state index contributed by atoms with van der Waals surface area (Å²) in [5.41, 5.74) is 5.11. The van der Waals surface area contributed by atoms with E-state index < -0.39 is 0 Å². The highest BCUT2D eigenvalue weighted by Crippen LogP contribution is 2.17. The zero-order chi connectivity index (χ0) is 13.6. The molecule has 0 bridgehead atoms. The third-order valence-corrected chi connectivity index (χ3v) is 3.41. The summed E-state index contributed by atoms with van der Waals surface area (Å²) < 4.78 is 0. The summed E-state index contributed by atoms with van der Waals surface area (Å²) in [6.07, 6.45) is 1.83. The summed E-state index contributed by atoms with van der Waals surface area (Å²) in [5, 5.41) is 0. The summed E-state index contributed by atoms with van der Waals surface area (Å²) >= 11 is 0. The van der Waals surface area contributed by atoms with Crippen molar-refractivity contribution >= 4 is 0 Å². The van der Waals surface area contributed by atoms with E-state index in [-0.39, 0.29) is 0 Å². The van der Waals surface area contributed by atoms with Crippen molar-refractivity contribution in [3.63, 3.8) is 0 Å². The van der Waals surface area contributed by atoms with Crippen LogP contribution in [0.3, 0.4) is 0 Å². The molecule has 0 fully saturated rings. The Hall–Kier alpha value is -2.34. The normalized spacial score (nSPS) is 10.4. The lowest BCUT2D eigenvalue weighted by atomic mass is 9.95. The van der Waals surface area contributed by atoms with E-state index in [9.17, 15) is 0 Å². The number of rotatable bonds is 4. The molecule has 0 atom stereocenters. The van der Waals surface area contributed by atoms with Gasteiger partial charge in [-0.05, 0) is 47.2 Å². The van der Waals surface area contributed by atoms with Crippen molar-refractivity contribution in [3.05, 3.63) is 107 Å². The Morgan fingerprint density at radius 2 is 0.950 bits per heavy atom. The SMILES string of the molecule is [c]1cc[c]c(Cc2ccccc2)c1Cc1ccccc1. The van der Waals surface area contributed by atoms with Crippen molar-refractivity contribution in [2.45, 2.75) is 12.8 Å². The first-order valence-electron chi connectivity index (χ1n) is 6.90. The molecule has 0 N–H and O–H groups in total. The van der Waals surface area contributed by atoms with Gasteiger partial charge in [0.2, 0.25) is 0 Å². The minimum Gasteiger partial charge on any atom is -0.0622 e. The van der Waals surface area contributed by atoms with Crippen LogP contribution in [0.25, 0.3) is 0 Å². The average molecular weight is 256 g/mol. The molecule has 20 heavy (non-hydrogen) atoms. The van der Waals surface area contributed by atoms with Crippen LogP contribution in [-0.4, -0.2) is 0 Å². The predicted octanol–water partition coefficient (Wildman–Crippen LogP) is 4.47. The van der Waals surface area contributed by atoms with Crippen molar-refractivity contribution in [3.8, 4) is 0 Å². The fourth-order valence-corrected chi connectivity index (χ4v) is 2.37. The second-order valence-electron chi connectivity index (χ2n) is 4.90. The molecule has 0 aliphatic carbocycles. The highest BCUT2D eigenvalue weighted by atomic mass is 14.1. The summed E-state index contributed by atoms with van der Waals surface area (Å²) in [6.45, 7) is 0. The molecule has 3 aromatic carbocycles. The monoisotopic (exact) mass is 256 g/mol. The van der Waals surface area contributed by atoms with Gasteiger partial charge in [-0.15, -0.1) is 0 Å². The lowest BCUT2D eigenvalue weighted by Gasteiger charge is -2.09. The maximum absolute atomic E-state index is 3.37. The molecule has 0 unspecified atom stereocenters. The Morgan fingerprint density at radius 1 is 0.550 bits per heavy atom. The van der Waals surface area contributed by atoms with Crippen LogP contribution < -0.4 is 0 Å². The van der Waals surface area contributed by atoms with Crippen LogP contribution >= 0.6 is 0 Å². The van der Waals surface area contributed by atoms with E-state index in [1.807, 2.05) is 12.1 Å². The molecule has 0 aliphatic rings. The molecule has 96 valence electrons. The van der Waals surface area contributed by atoms with Crippen LogP contribution in [0.4, 0.5) is 0 Å². The van der Waals surface area contributed by atoms with Gasteiger partial charge in [0.05, 0.1) is 0 Å². The summed E-state index contributed by atoms with van der Waals surface area (Å²) in [7, 11) is 0. The Balaban J connectivity index is 1.85. The highest BCUT2D eigenvalue weighted by Gasteiger charge is 2.04. The molecule has 0 aliphatic heterocycles. The van der Waals surface area contributed by atoms with Crippen molar-refractivity contribution in [1.29, 1.82) is 0 Å². The number of benzene rings is 3. The van der Waals surface area contributed by atoms with Crippen molar-refractivity contribution < 1.29 is 0 Å². The van der Waals surface area contributed by atoms with E-state index >= 15 is 0 Å². The molecule has 0 amide bonds. The maximum atomic E-state index is 3.37. The molecule has 3 rings (SSSR count). The summed E-state index contributed by atoms with van der Waals surface area (Å²) in [6, 6.07) is 31.7. The smallest absolute Gasteiger partial charge is 0.00165 e. The molecule has 0 saturated heterocycles. The van der Waals surface area contributed by atoms with Gasteiger partial charge < -0.3 is 0 Å². The fraction of sp³-hybridized carbons (Fsp3) is 0.100. The molecule has 2 radical (unpaired) electrons. The van der Waals surface area contributed by atoms with Crippen molar-refractivity contribution in [1.82, 2.24) is 0 Å². The van der Waals surface area contributed by atoms with Crippen LogP contribution in [0.15, 0.2) is 72.8 Å². The van der Waals surface area contributed by atoms with Crippen LogP contribution in [0.2, 0.25) is 0 Å². The van der Waals surface area contributed by atoms with Crippen molar-refractivity contribution in [2.75, 3.05) is 0 Å². The molecular weight excluding hydrogens is 240 g/mol. The fourth-order valence-electron chi connectivity index (χ4n) is 2.37. The van der Waals surface area contributed by atoms with E-state index in [0.29, 0.717) is 0 Å². The van der Waals surface area contributed by atoms with Gasteiger partial charge >= 0.3 is 0 Å². The Bertz CT molecular complexity index is 593.